The van der Waals surface area contributed by atoms with E-state index < -0.39 is 0 Å². The molecular formula is C11H25N3O. The number of likely N-dealkylation sites (N-methyl/N-ethyl adjacent to an activating group) is 1. The Balaban J connectivity index is 4.05. The van der Waals surface area contributed by atoms with Gasteiger partial charge in [0.25, 0.3) is 0 Å². The van der Waals surface area contributed by atoms with E-state index in [-0.39, 0.29) is 11.9 Å². The van der Waals surface area contributed by atoms with Gasteiger partial charge < -0.3 is 15.5 Å². The number of hydrogen-bond donors (Lipinski definition) is 1. The van der Waals surface area contributed by atoms with Crippen LogP contribution in [-0.2, 0) is 4.79 Å². The van der Waals surface area contributed by atoms with Gasteiger partial charge in [0.15, 0.2) is 0 Å². The van der Waals surface area contributed by atoms with E-state index in [1.54, 1.807) is 19.0 Å². The van der Waals surface area contributed by atoms with Crippen molar-refractivity contribution in [1.29, 1.82) is 0 Å². The smallest absolute Gasteiger partial charge is 0.223 e. The Morgan fingerprint density at radius 2 is 1.93 bits per heavy atom. The number of amides is 1. The fourth-order valence-corrected chi connectivity index (χ4v) is 1.39. The lowest BCUT2D eigenvalue weighted by atomic mass is 10.1. The molecule has 0 aromatic carbocycles. The second kappa shape index (κ2) is 7.65. The normalized spacial score (nSPS) is 12.9. The van der Waals surface area contributed by atoms with Crippen molar-refractivity contribution in [1.82, 2.24) is 9.80 Å². The van der Waals surface area contributed by atoms with Crippen molar-refractivity contribution in [3.05, 3.63) is 0 Å². The molecule has 0 saturated carbocycles. The second-order valence-corrected chi connectivity index (χ2v) is 4.22. The van der Waals surface area contributed by atoms with Crippen molar-refractivity contribution < 1.29 is 4.79 Å². The van der Waals surface area contributed by atoms with Crippen LogP contribution in [0.2, 0.25) is 0 Å². The first-order valence-corrected chi connectivity index (χ1v) is 5.63. The van der Waals surface area contributed by atoms with Crippen LogP contribution in [0.4, 0.5) is 0 Å². The molecule has 0 radical (unpaired) electrons. The molecule has 90 valence electrons. The van der Waals surface area contributed by atoms with Crippen molar-refractivity contribution in [2.75, 3.05) is 34.2 Å². The van der Waals surface area contributed by atoms with Gasteiger partial charge in [-0.1, -0.05) is 13.3 Å². The number of unbranched alkanes of at least 4 members (excludes halogenated alkanes) is 1. The van der Waals surface area contributed by atoms with Crippen molar-refractivity contribution >= 4 is 5.91 Å². The third kappa shape index (κ3) is 5.74. The highest BCUT2D eigenvalue weighted by molar-refractivity contribution is 5.76. The van der Waals surface area contributed by atoms with Crippen molar-refractivity contribution in [2.24, 2.45) is 5.73 Å². The van der Waals surface area contributed by atoms with Gasteiger partial charge in [-0.05, 0) is 20.0 Å². The minimum atomic E-state index is 0.147. The standard InChI is InChI=1S/C11H25N3O/c1-5-6-7-14(4)10(9-12)8-11(15)13(2)3/h10H,5-9,12H2,1-4H3. The number of nitrogens with two attached hydrogens (primary N) is 1. The van der Waals surface area contributed by atoms with Crippen LogP contribution in [0.1, 0.15) is 26.2 Å². The summed E-state index contributed by atoms with van der Waals surface area (Å²) in [6.07, 6.45) is 2.84. The summed E-state index contributed by atoms with van der Waals surface area (Å²) in [6.45, 7) is 3.72. The molecule has 0 saturated heterocycles. The number of carbonyl (C=O) groups excluding carboxylic acids is 1. The van der Waals surface area contributed by atoms with Gasteiger partial charge in [0.05, 0.1) is 0 Å². The third-order valence-corrected chi connectivity index (χ3v) is 2.67. The van der Waals surface area contributed by atoms with Crippen LogP contribution in [0, 0.1) is 0 Å². The molecule has 1 unspecified atom stereocenters. The number of hydrogen-bond acceptors (Lipinski definition) is 3. The summed E-state index contributed by atoms with van der Waals surface area (Å²) in [7, 11) is 5.60. The number of rotatable bonds is 7. The van der Waals surface area contributed by atoms with E-state index in [0.717, 1.165) is 13.0 Å². The average molecular weight is 215 g/mol. The van der Waals surface area contributed by atoms with E-state index >= 15 is 0 Å². The van der Waals surface area contributed by atoms with Crippen LogP contribution in [0.3, 0.4) is 0 Å². The average Bonchev–Trinajstić information content (AvgIpc) is 2.21. The molecule has 0 heterocycles. The van der Waals surface area contributed by atoms with Crippen LogP contribution < -0.4 is 5.73 Å². The summed E-state index contributed by atoms with van der Waals surface area (Å²) in [4.78, 5) is 15.3. The van der Waals surface area contributed by atoms with E-state index in [1.165, 1.54) is 6.42 Å². The molecule has 0 rings (SSSR count). The highest BCUT2D eigenvalue weighted by Gasteiger charge is 2.17. The van der Waals surface area contributed by atoms with Gasteiger partial charge in [-0.25, -0.2) is 0 Å². The first-order chi connectivity index (χ1) is 7.02. The lowest BCUT2D eigenvalue weighted by Gasteiger charge is -2.27. The van der Waals surface area contributed by atoms with Crippen molar-refractivity contribution in [2.45, 2.75) is 32.2 Å². The lowest BCUT2D eigenvalue weighted by molar-refractivity contribution is -0.129. The Kier molecular flexibility index (Phi) is 7.34. The Hall–Kier alpha value is -0.610. The van der Waals surface area contributed by atoms with E-state index in [1.807, 2.05) is 7.05 Å². The van der Waals surface area contributed by atoms with Crippen molar-refractivity contribution in [3.63, 3.8) is 0 Å². The van der Waals surface area contributed by atoms with Gasteiger partial charge in [0, 0.05) is 33.1 Å². The molecule has 0 spiro atoms. The quantitative estimate of drug-likeness (QED) is 0.674. The molecule has 0 aliphatic rings. The minimum absolute atomic E-state index is 0.147. The Morgan fingerprint density at radius 1 is 1.33 bits per heavy atom. The molecule has 0 aliphatic heterocycles. The molecule has 2 N–H and O–H groups in total. The van der Waals surface area contributed by atoms with Gasteiger partial charge in [0.1, 0.15) is 0 Å². The largest absolute Gasteiger partial charge is 0.349 e. The summed E-state index contributed by atoms with van der Waals surface area (Å²) >= 11 is 0. The highest BCUT2D eigenvalue weighted by Crippen LogP contribution is 2.04. The Bertz CT molecular complexity index is 183. The fourth-order valence-electron chi connectivity index (χ4n) is 1.39. The Morgan fingerprint density at radius 3 is 2.33 bits per heavy atom. The van der Waals surface area contributed by atoms with Crippen LogP contribution >= 0.6 is 0 Å². The monoisotopic (exact) mass is 215 g/mol. The maximum Gasteiger partial charge on any atom is 0.223 e. The zero-order valence-corrected chi connectivity index (χ0v) is 10.5. The van der Waals surface area contributed by atoms with E-state index in [9.17, 15) is 4.79 Å². The van der Waals surface area contributed by atoms with Crippen LogP contribution in [0.5, 0.6) is 0 Å². The third-order valence-electron chi connectivity index (χ3n) is 2.67. The molecule has 4 nitrogen and oxygen atoms in total. The van der Waals surface area contributed by atoms with Gasteiger partial charge >= 0.3 is 0 Å². The summed E-state index contributed by atoms with van der Waals surface area (Å²) in [5.41, 5.74) is 5.68. The van der Waals surface area contributed by atoms with Crippen LogP contribution in [0.25, 0.3) is 0 Å². The molecule has 0 bridgehead atoms. The molecule has 1 amide bonds. The van der Waals surface area contributed by atoms with E-state index in [0.29, 0.717) is 13.0 Å². The molecule has 4 heteroatoms. The molecule has 1 atom stereocenters. The topological polar surface area (TPSA) is 49.6 Å². The predicted octanol–water partition coefficient (Wildman–Crippen LogP) is 0.524. The van der Waals surface area contributed by atoms with Crippen LogP contribution in [0.15, 0.2) is 0 Å². The van der Waals surface area contributed by atoms with E-state index in [2.05, 4.69) is 11.8 Å². The first-order valence-electron chi connectivity index (χ1n) is 5.63. The molecular weight excluding hydrogens is 190 g/mol. The van der Waals surface area contributed by atoms with Crippen molar-refractivity contribution in [3.8, 4) is 0 Å². The van der Waals surface area contributed by atoms with Gasteiger partial charge in [0.2, 0.25) is 5.91 Å². The molecule has 0 aromatic heterocycles. The molecule has 0 fully saturated rings. The van der Waals surface area contributed by atoms with Gasteiger partial charge in [-0.3, -0.25) is 4.79 Å². The van der Waals surface area contributed by atoms with E-state index in [4.69, 9.17) is 5.73 Å². The zero-order chi connectivity index (χ0) is 11.8. The maximum absolute atomic E-state index is 11.5. The summed E-state index contributed by atoms with van der Waals surface area (Å²) in [5, 5.41) is 0. The second-order valence-electron chi connectivity index (χ2n) is 4.22. The molecule has 0 aliphatic carbocycles. The molecule has 15 heavy (non-hydrogen) atoms. The summed E-state index contributed by atoms with van der Waals surface area (Å²) < 4.78 is 0. The first kappa shape index (κ1) is 14.4. The zero-order valence-electron chi connectivity index (χ0n) is 10.5. The van der Waals surface area contributed by atoms with Gasteiger partial charge in [-0.15, -0.1) is 0 Å². The minimum Gasteiger partial charge on any atom is -0.349 e. The summed E-state index contributed by atoms with van der Waals surface area (Å²) in [6, 6.07) is 0.173. The highest BCUT2D eigenvalue weighted by atomic mass is 16.2. The fraction of sp³-hybridized carbons (Fsp3) is 0.909. The van der Waals surface area contributed by atoms with Gasteiger partial charge in [-0.2, -0.15) is 0 Å². The SMILES string of the molecule is CCCCN(C)C(CN)CC(=O)N(C)C. The summed E-state index contributed by atoms with van der Waals surface area (Å²) in [5.74, 6) is 0.147. The number of carbonyl (C=O) groups is 1. The number of nitrogens with zero attached hydrogens (tertiary/aromatic N) is 2. The Labute approximate surface area is 93.4 Å². The predicted molar refractivity (Wildman–Crippen MR) is 63.7 cm³/mol. The van der Waals surface area contributed by atoms with Crippen LogP contribution in [-0.4, -0.2) is 56.0 Å². The molecule has 0 aromatic rings. The lowest BCUT2D eigenvalue weighted by Crippen LogP contribution is -2.42. The maximum atomic E-state index is 11.5.